The Labute approximate surface area is 152 Å². The minimum atomic E-state index is -0.276. The summed E-state index contributed by atoms with van der Waals surface area (Å²) in [5.41, 5.74) is 0. The molecule has 1 atom stereocenters. The number of anilines is 2. The van der Waals surface area contributed by atoms with Gasteiger partial charge in [0.05, 0.1) is 13.2 Å². The fraction of sp³-hybridized carbons (Fsp3) is 0.444. The van der Waals surface area contributed by atoms with Crippen molar-refractivity contribution in [2.45, 2.75) is 18.9 Å². The molecule has 4 heterocycles. The number of morpholine rings is 1. The van der Waals surface area contributed by atoms with Crippen LogP contribution in [0.2, 0.25) is 0 Å². The molecule has 0 aromatic carbocycles. The Morgan fingerprint density at radius 2 is 1.96 bits per heavy atom. The van der Waals surface area contributed by atoms with Gasteiger partial charge in [-0.1, -0.05) is 6.07 Å². The van der Waals surface area contributed by atoms with Crippen LogP contribution in [-0.2, 0) is 4.74 Å². The number of hydrogen-bond acceptors (Lipinski definition) is 6. The molecule has 0 spiro atoms. The quantitative estimate of drug-likeness (QED) is 0.910. The molecule has 2 aliphatic rings. The predicted molar refractivity (Wildman–Crippen MR) is 96.0 cm³/mol. The molecule has 136 valence electrons. The number of carbonyl (C=O) groups excluding carboxylic acids is 1. The van der Waals surface area contributed by atoms with Crippen molar-refractivity contribution < 1.29 is 9.53 Å². The molecule has 1 unspecified atom stereocenters. The summed E-state index contributed by atoms with van der Waals surface area (Å²) in [6, 6.07) is 7.20. The third kappa shape index (κ3) is 3.60. The van der Waals surface area contributed by atoms with Gasteiger partial charge in [0.25, 0.3) is 0 Å². The van der Waals surface area contributed by atoms with Crippen molar-refractivity contribution in [2.75, 3.05) is 38.2 Å². The summed E-state index contributed by atoms with van der Waals surface area (Å²) in [6.07, 6.45) is 5.55. The molecule has 0 bridgehead atoms. The Morgan fingerprint density at radius 3 is 2.77 bits per heavy atom. The number of amides is 2. The average Bonchev–Trinajstić information content (AvgIpc) is 3.23. The van der Waals surface area contributed by atoms with E-state index < -0.39 is 0 Å². The maximum absolute atomic E-state index is 12.9. The van der Waals surface area contributed by atoms with Crippen molar-refractivity contribution >= 4 is 17.7 Å². The van der Waals surface area contributed by atoms with E-state index in [9.17, 15) is 4.79 Å². The summed E-state index contributed by atoms with van der Waals surface area (Å²) in [7, 11) is 0. The number of ether oxygens (including phenoxy) is 1. The zero-order chi connectivity index (χ0) is 17.8. The van der Waals surface area contributed by atoms with Gasteiger partial charge in [-0.05, 0) is 31.0 Å². The van der Waals surface area contributed by atoms with E-state index in [-0.39, 0.29) is 12.1 Å². The summed E-state index contributed by atoms with van der Waals surface area (Å²) in [4.78, 5) is 29.9. The molecule has 8 nitrogen and oxygen atoms in total. The van der Waals surface area contributed by atoms with Crippen LogP contribution >= 0.6 is 0 Å². The van der Waals surface area contributed by atoms with Gasteiger partial charge in [-0.2, -0.15) is 0 Å². The second-order valence-electron chi connectivity index (χ2n) is 6.40. The van der Waals surface area contributed by atoms with E-state index in [0.29, 0.717) is 37.2 Å². The molecule has 2 fully saturated rings. The van der Waals surface area contributed by atoms with Gasteiger partial charge in [0.1, 0.15) is 17.7 Å². The van der Waals surface area contributed by atoms with E-state index in [1.54, 1.807) is 18.5 Å². The molecule has 1 N–H and O–H groups in total. The van der Waals surface area contributed by atoms with Crippen LogP contribution in [0.5, 0.6) is 0 Å². The molecule has 4 rings (SSSR count). The maximum Gasteiger partial charge on any atom is 0.320 e. The van der Waals surface area contributed by atoms with Crippen LogP contribution in [0.15, 0.2) is 36.7 Å². The third-order valence-corrected chi connectivity index (χ3v) is 4.64. The Morgan fingerprint density at radius 1 is 1.08 bits per heavy atom. The van der Waals surface area contributed by atoms with E-state index >= 15 is 0 Å². The molecule has 0 aliphatic carbocycles. The summed E-state index contributed by atoms with van der Waals surface area (Å²) in [6.45, 7) is 3.16. The Bertz CT molecular complexity index is 750. The van der Waals surface area contributed by atoms with Crippen molar-refractivity contribution in [1.82, 2.24) is 24.8 Å². The zero-order valence-electron chi connectivity index (χ0n) is 14.5. The van der Waals surface area contributed by atoms with Crippen molar-refractivity contribution in [3.8, 4) is 0 Å². The van der Waals surface area contributed by atoms with Gasteiger partial charge in [0.15, 0.2) is 5.82 Å². The van der Waals surface area contributed by atoms with Crippen LogP contribution in [0.1, 0.15) is 24.7 Å². The molecule has 2 amide bonds. The number of nitrogens with one attached hydrogen (secondary N) is 1. The second-order valence-corrected chi connectivity index (χ2v) is 6.40. The standard InChI is InChI=1S/C18H22N6O2/c25-18(23-9-3-4-10-23)24-11-12-26-13-14(24)17-20-8-6-16(22-17)21-15-5-1-2-7-19-15/h1-2,5-8,14H,3-4,9-13H2,(H,19,20,21,22). The number of nitrogens with zero attached hydrogens (tertiary/aromatic N) is 5. The molecule has 8 heteroatoms. The topological polar surface area (TPSA) is 83.5 Å². The summed E-state index contributed by atoms with van der Waals surface area (Å²) < 4.78 is 5.61. The molecule has 2 saturated heterocycles. The molecular formula is C18H22N6O2. The number of carbonyl (C=O) groups is 1. The maximum atomic E-state index is 12.9. The first-order valence-electron chi connectivity index (χ1n) is 8.95. The van der Waals surface area contributed by atoms with Gasteiger partial charge < -0.3 is 19.9 Å². The molecule has 0 saturated carbocycles. The third-order valence-electron chi connectivity index (χ3n) is 4.64. The number of rotatable bonds is 3. The lowest BCUT2D eigenvalue weighted by Gasteiger charge is -2.37. The van der Waals surface area contributed by atoms with Gasteiger partial charge in [-0.25, -0.2) is 19.7 Å². The van der Waals surface area contributed by atoms with Crippen molar-refractivity contribution in [3.05, 3.63) is 42.5 Å². The second kappa shape index (κ2) is 7.65. The molecule has 0 radical (unpaired) electrons. The molecule has 26 heavy (non-hydrogen) atoms. The van der Waals surface area contributed by atoms with E-state index in [2.05, 4.69) is 20.3 Å². The Balaban J connectivity index is 1.54. The highest BCUT2D eigenvalue weighted by Crippen LogP contribution is 2.25. The van der Waals surface area contributed by atoms with Gasteiger partial charge >= 0.3 is 6.03 Å². The fourth-order valence-electron chi connectivity index (χ4n) is 3.31. The van der Waals surface area contributed by atoms with Crippen molar-refractivity contribution in [2.24, 2.45) is 0 Å². The van der Waals surface area contributed by atoms with Crippen LogP contribution in [-0.4, -0.2) is 63.6 Å². The van der Waals surface area contributed by atoms with E-state index in [1.165, 1.54) is 0 Å². The van der Waals surface area contributed by atoms with Crippen molar-refractivity contribution in [1.29, 1.82) is 0 Å². The minimum Gasteiger partial charge on any atom is -0.377 e. The normalized spacial score (nSPS) is 20.2. The van der Waals surface area contributed by atoms with Crippen LogP contribution in [0.4, 0.5) is 16.4 Å². The lowest BCUT2D eigenvalue weighted by atomic mass is 10.2. The summed E-state index contributed by atoms with van der Waals surface area (Å²) in [5, 5.41) is 3.17. The first kappa shape index (κ1) is 16.7. The Hall–Kier alpha value is -2.74. The largest absolute Gasteiger partial charge is 0.377 e. The number of urea groups is 1. The summed E-state index contributed by atoms with van der Waals surface area (Å²) >= 11 is 0. The average molecular weight is 354 g/mol. The lowest BCUT2D eigenvalue weighted by Crippen LogP contribution is -2.49. The number of likely N-dealkylation sites (tertiary alicyclic amines) is 1. The highest BCUT2D eigenvalue weighted by atomic mass is 16.5. The molecule has 2 aromatic heterocycles. The molecule has 2 aliphatic heterocycles. The van der Waals surface area contributed by atoms with Gasteiger partial charge in [0.2, 0.25) is 0 Å². The van der Waals surface area contributed by atoms with Gasteiger partial charge in [0, 0.05) is 32.0 Å². The fourth-order valence-corrected chi connectivity index (χ4v) is 3.31. The lowest BCUT2D eigenvalue weighted by molar-refractivity contribution is 0.00163. The van der Waals surface area contributed by atoms with Crippen LogP contribution < -0.4 is 5.32 Å². The molecule has 2 aromatic rings. The van der Waals surface area contributed by atoms with Crippen LogP contribution in [0.25, 0.3) is 0 Å². The predicted octanol–water partition coefficient (Wildman–Crippen LogP) is 2.20. The van der Waals surface area contributed by atoms with Crippen LogP contribution in [0, 0.1) is 0 Å². The first-order chi connectivity index (χ1) is 12.8. The van der Waals surface area contributed by atoms with E-state index in [1.807, 2.05) is 28.0 Å². The van der Waals surface area contributed by atoms with E-state index in [0.717, 1.165) is 25.9 Å². The number of aromatic nitrogens is 3. The highest BCUT2D eigenvalue weighted by Gasteiger charge is 2.34. The zero-order valence-corrected chi connectivity index (χ0v) is 14.5. The Kier molecular flexibility index (Phi) is 4.92. The minimum absolute atomic E-state index is 0.0579. The van der Waals surface area contributed by atoms with Crippen LogP contribution in [0.3, 0.4) is 0 Å². The summed E-state index contributed by atoms with van der Waals surface area (Å²) in [5.74, 6) is 1.94. The number of hydrogen-bond donors (Lipinski definition) is 1. The smallest absolute Gasteiger partial charge is 0.320 e. The van der Waals surface area contributed by atoms with Crippen molar-refractivity contribution in [3.63, 3.8) is 0 Å². The SMILES string of the molecule is O=C(N1CCCC1)N1CCOCC1c1nccc(Nc2ccccn2)n1. The van der Waals surface area contributed by atoms with Gasteiger partial charge in [-0.15, -0.1) is 0 Å². The van der Waals surface area contributed by atoms with E-state index in [4.69, 9.17) is 4.74 Å². The highest BCUT2D eigenvalue weighted by molar-refractivity contribution is 5.75. The first-order valence-corrected chi connectivity index (χ1v) is 8.95. The molecular weight excluding hydrogens is 332 g/mol. The number of pyridine rings is 1. The van der Waals surface area contributed by atoms with Gasteiger partial charge in [-0.3, -0.25) is 0 Å². The monoisotopic (exact) mass is 354 g/mol.